The van der Waals surface area contributed by atoms with Crippen LogP contribution in [0.2, 0.25) is 0 Å². The number of nitro groups is 1. The number of nitrogens with zero attached hydrogens (tertiary/aromatic N) is 2. The van der Waals surface area contributed by atoms with E-state index in [1.165, 1.54) is 22.6 Å². The average Bonchev–Trinajstić information content (AvgIpc) is 3.16. The van der Waals surface area contributed by atoms with E-state index in [0.717, 1.165) is 47.7 Å². The van der Waals surface area contributed by atoms with Crippen LogP contribution in [-0.4, -0.2) is 28.4 Å². The lowest BCUT2D eigenvalue weighted by Gasteiger charge is -2.28. The van der Waals surface area contributed by atoms with Gasteiger partial charge in [-0.15, -0.1) is 11.3 Å². The van der Waals surface area contributed by atoms with Crippen molar-refractivity contribution in [1.29, 1.82) is 0 Å². The van der Waals surface area contributed by atoms with E-state index in [9.17, 15) is 14.9 Å². The van der Waals surface area contributed by atoms with Gasteiger partial charge in [-0.1, -0.05) is 36.4 Å². The third-order valence-corrected chi connectivity index (χ3v) is 6.92. The molecule has 0 fully saturated rings. The van der Waals surface area contributed by atoms with E-state index in [2.05, 4.69) is 39.8 Å². The highest BCUT2D eigenvalue weighted by atomic mass is 32.1. The van der Waals surface area contributed by atoms with Crippen LogP contribution in [0.15, 0.2) is 60.7 Å². The molecule has 0 bridgehead atoms. The van der Waals surface area contributed by atoms with E-state index in [1.54, 1.807) is 23.5 Å². The molecule has 0 saturated carbocycles. The van der Waals surface area contributed by atoms with E-state index < -0.39 is 4.92 Å². The Morgan fingerprint density at radius 2 is 1.91 bits per heavy atom. The van der Waals surface area contributed by atoms with Crippen molar-refractivity contribution in [3.63, 3.8) is 0 Å². The zero-order valence-corrected chi connectivity index (χ0v) is 18.1. The van der Waals surface area contributed by atoms with Crippen molar-refractivity contribution in [1.82, 2.24) is 10.2 Å². The summed E-state index contributed by atoms with van der Waals surface area (Å²) in [4.78, 5) is 26.9. The molecule has 2 N–H and O–H groups in total. The SMILES string of the molecule is O=C1N[C@@H](/C=C\c2ccc([N+](=O)[O-])cc2)Nc2sc3c(c21)CCN(Cc1ccccc1)C3. The summed E-state index contributed by atoms with van der Waals surface area (Å²) in [6, 6.07) is 16.8. The second-order valence-electron chi connectivity index (χ2n) is 7.96. The van der Waals surface area contributed by atoms with Gasteiger partial charge >= 0.3 is 0 Å². The minimum atomic E-state index is -0.419. The van der Waals surface area contributed by atoms with Crippen molar-refractivity contribution in [2.75, 3.05) is 11.9 Å². The fourth-order valence-corrected chi connectivity index (χ4v) is 5.50. The van der Waals surface area contributed by atoms with Crippen LogP contribution >= 0.6 is 11.3 Å². The first kappa shape index (κ1) is 20.4. The van der Waals surface area contributed by atoms with E-state index in [4.69, 9.17) is 0 Å². The highest BCUT2D eigenvalue weighted by Gasteiger charge is 2.32. The van der Waals surface area contributed by atoms with Crippen molar-refractivity contribution >= 4 is 34.0 Å². The molecule has 1 amide bonds. The van der Waals surface area contributed by atoms with Crippen LogP contribution in [0, 0.1) is 10.1 Å². The number of thiophene rings is 1. The molecule has 1 aromatic heterocycles. The van der Waals surface area contributed by atoms with E-state index >= 15 is 0 Å². The minimum absolute atomic E-state index is 0.0499. The highest BCUT2D eigenvalue weighted by molar-refractivity contribution is 7.16. The Kier molecular flexibility index (Phi) is 5.46. The van der Waals surface area contributed by atoms with Crippen molar-refractivity contribution < 1.29 is 9.72 Å². The maximum absolute atomic E-state index is 12.9. The Hall–Kier alpha value is -3.49. The summed E-state index contributed by atoms with van der Waals surface area (Å²) in [5.41, 5.74) is 4.13. The molecule has 0 aliphatic carbocycles. The monoisotopic (exact) mass is 446 g/mol. The lowest BCUT2D eigenvalue weighted by atomic mass is 10.0. The summed E-state index contributed by atoms with van der Waals surface area (Å²) < 4.78 is 0. The Morgan fingerprint density at radius 3 is 2.66 bits per heavy atom. The number of carbonyl (C=O) groups is 1. The maximum Gasteiger partial charge on any atom is 0.269 e. The first-order valence-electron chi connectivity index (χ1n) is 10.5. The van der Waals surface area contributed by atoms with Crippen LogP contribution in [-0.2, 0) is 19.5 Å². The topological polar surface area (TPSA) is 87.5 Å². The lowest BCUT2D eigenvalue weighted by molar-refractivity contribution is -0.384. The number of rotatable bonds is 5. The van der Waals surface area contributed by atoms with Gasteiger partial charge in [0.1, 0.15) is 11.2 Å². The average molecular weight is 447 g/mol. The Balaban J connectivity index is 1.29. The number of benzene rings is 2. The Labute approximate surface area is 189 Å². The first-order chi connectivity index (χ1) is 15.6. The number of nitrogens with one attached hydrogen (secondary N) is 2. The molecular weight excluding hydrogens is 424 g/mol. The highest BCUT2D eigenvalue weighted by Crippen LogP contribution is 2.39. The van der Waals surface area contributed by atoms with E-state index in [1.807, 2.05) is 18.2 Å². The predicted molar refractivity (Wildman–Crippen MR) is 126 cm³/mol. The van der Waals surface area contributed by atoms with Crippen molar-refractivity contribution in [2.24, 2.45) is 0 Å². The number of fused-ring (bicyclic) bond motifs is 3. The molecule has 7 nitrogen and oxygen atoms in total. The number of hydrogen-bond acceptors (Lipinski definition) is 6. The maximum atomic E-state index is 12.9. The normalized spacial score (nSPS) is 18.0. The molecule has 8 heteroatoms. The Bertz CT molecular complexity index is 1190. The van der Waals surface area contributed by atoms with Gasteiger partial charge in [-0.2, -0.15) is 0 Å². The molecule has 0 spiro atoms. The van der Waals surface area contributed by atoms with Crippen LogP contribution in [0.5, 0.6) is 0 Å². The number of amides is 1. The first-order valence-corrected chi connectivity index (χ1v) is 11.3. The Morgan fingerprint density at radius 1 is 1.12 bits per heavy atom. The standard InChI is InChI=1S/C24H22N4O3S/c29-23-22-19-12-13-27(14-17-4-2-1-3-5-17)15-20(19)32-24(22)26-21(25-23)11-8-16-6-9-18(10-7-16)28(30)31/h1-11,21,26H,12-15H2,(H,25,29)/b11-8-/t21-/m1/s1. The van der Waals surface area contributed by atoms with Crippen molar-refractivity contribution in [3.8, 4) is 0 Å². The quantitative estimate of drug-likeness (QED) is 0.448. The molecule has 2 aliphatic heterocycles. The number of non-ortho nitro benzene ring substituents is 1. The number of anilines is 1. The summed E-state index contributed by atoms with van der Waals surface area (Å²) in [7, 11) is 0. The zero-order chi connectivity index (χ0) is 22.1. The van der Waals surface area contributed by atoms with Crippen molar-refractivity contribution in [3.05, 3.63) is 97.9 Å². The van der Waals surface area contributed by atoms with Gasteiger partial charge in [0.25, 0.3) is 11.6 Å². The largest absolute Gasteiger partial charge is 0.353 e. The van der Waals surface area contributed by atoms with Crippen molar-refractivity contribution in [2.45, 2.75) is 25.7 Å². The number of hydrogen-bond donors (Lipinski definition) is 2. The molecular formula is C24H22N4O3S. The minimum Gasteiger partial charge on any atom is -0.353 e. The molecule has 5 rings (SSSR count). The van der Waals surface area contributed by atoms with Crippen LogP contribution < -0.4 is 10.6 Å². The second kappa shape index (κ2) is 8.57. The number of nitro benzene ring substituents is 1. The van der Waals surface area contributed by atoms with Gasteiger partial charge in [-0.3, -0.25) is 19.8 Å². The molecule has 0 unspecified atom stereocenters. The van der Waals surface area contributed by atoms with Crippen LogP contribution in [0.1, 0.15) is 31.9 Å². The molecule has 0 saturated heterocycles. The molecule has 32 heavy (non-hydrogen) atoms. The third kappa shape index (κ3) is 4.15. The fourth-order valence-electron chi connectivity index (χ4n) is 4.18. The van der Waals surface area contributed by atoms with E-state index in [-0.39, 0.29) is 17.8 Å². The van der Waals surface area contributed by atoms with Gasteiger partial charge in [0, 0.05) is 36.6 Å². The van der Waals surface area contributed by atoms with Crippen LogP contribution in [0.25, 0.3) is 6.08 Å². The van der Waals surface area contributed by atoms with Crippen LogP contribution in [0.3, 0.4) is 0 Å². The van der Waals surface area contributed by atoms with Gasteiger partial charge < -0.3 is 10.6 Å². The van der Waals surface area contributed by atoms with Gasteiger partial charge in [-0.25, -0.2) is 0 Å². The molecule has 3 heterocycles. The molecule has 2 aromatic carbocycles. The summed E-state index contributed by atoms with van der Waals surface area (Å²) >= 11 is 1.66. The van der Waals surface area contributed by atoms with Gasteiger partial charge in [0.2, 0.25) is 0 Å². The summed E-state index contributed by atoms with van der Waals surface area (Å²) in [6.45, 7) is 2.69. The predicted octanol–water partition coefficient (Wildman–Crippen LogP) is 4.41. The molecule has 2 aliphatic rings. The molecule has 3 aromatic rings. The summed E-state index contributed by atoms with van der Waals surface area (Å²) in [5, 5.41) is 18.1. The molecule has 1 atom stereocenters. The second-order valence-corrected chi connectivity index (χ2v) is 9.06. The summed E-state index contributed by atoms with van der Waals surface area (Å²) in [6.07, 6.45) is 4.25. The summed E-state index contributed by atoms with van der Waals surface area (Å²) in [5.74, 6) is -0.0499. The number of carbonyl (C=O) groups excluding carboxylic acids is 1. The van der Waals surface area contributed by atoms with E-state index in [0.29, 0.717) is 0 Å². The van der Waals surface area contributed by atoms with Gasteiger partial charge in [-0.05, 0) is 41.3 Å². The smallest absolute Gasteiger partial charge is 0.269 e. The molecule has 162 valence electrons. The van der Waals surface area contributed by atoms with Crippen LogP contribution in [0.4, 0.5) is 10.7 Å². The fraction of sp³-hybridized carbons (Fsp3) is 0.208. The zero-order valence-electron chi connectivity index (χ0n) is 17.3. The van der Waals surface area contributed by atoms with Gasteiger partial charge in [0.05, 0.1) is 10.5 Å². The van der Waals surface area contributed by atoms with Gasteiger partial charge in [0.15, 0.2) is 0 Å². The molecule has 0 radical (unpaired) electrons. The lowest BCUT2D eigenvalue weighted by Crippen LogP contribution is -2.43. The third-order valence-electron chi connectivity index (χ3n) is 5.77.